The zero-order valence-electron chi connectivity index (χ0n) is 14.7. The van der Waals surface area contributed by atoms with Gasteiger partial charge in [0.15, 0.2) is 0 Å². The Morgan fingerprint density at radius 1 is 1.08 bits per heavy atom. The predicted molar refractivity (Wildman–Crippen MR) is 108 cm³/mol. The quantitative estimate of drug-likeness (QED) is 0.648. The van der Waals surface area contributed by atoms with Gasteiger partial charge in [-0.2, -0.15) is 0 Å². The van der Waals surface area contributed by atoms with E-state index in [1.165, 1.54) is 0 Å². The van der Waals surface area contributed by atoms with Gasteiger partial charge in [0.05, 0.1) is 5.69 Å². The van der Waals surface area contributed by atoms with Gasteiger partial charge in [-0.1, -0.05) is 42.5 Å². The van der Waals surface area contributed by atoms with Crippen LogP contribution in [0.3, 0.4) is 0 Å². The molecule has 0 radical (unpaired) electrons. The average Bonchev–Trinajstić information content (AvgIpc) is 2.66. The Hall–Kier alpha value is -2.94. The third kappa shape index (κ3) is 5.28. The number of benzene rings is 2. The number of ether oxygens (including phenoxy) is 1. The maximum absolute atomic E-state index is 9.40. The molecule has 1 heterocycles. The fourth-order valence-electron chi connectivity index (χ4n) is 2.50. The molecular weight excluding hydrogens is 325 g/mol. The summed E-state index contributed by atoms with van der Waals surface area (Å²) in [5.41, 5.74) is 2.35. The molecule has 132 valence electrons. The van der Waals surface area contributed by atoms with Crippen LogP contribution in [0.25, 0.3) is 0 Å². The van der Waals surface area contributed by atoms with E-state index in [9.17, 15) is 10.0 Å². The lowest BCUT2D eigenvalue weighted by atomic mass is 9.80. The Morgan fingerprint density at radius 3 is 2.46 bits per heavy atom. The Kier molecular flexibility index (Phi) is 7.57. The van der Waals surface area contributed by atoms with Crippen molar-refractivity contribution in [2.75, 3.05) is 18.1 Å². The predicted octanol–water partition coefficient (Wildman–Crippen LogP) is 2.65. The van der Waals surface area contributed by atoms with Gasteiger partial charge in [0.25, 0.3) is 0 Å². The molecule has 0 spiro atoms. The van der Waals surface area contributed by atoms with Crippen LogP contribution in [0.2, 0.25) is 0 Å². The number of terminal acetylenes is 1. The van der Waals surface area contributed by atoms with Gasteiger partial charge in [-0.05, 0) is 42.7 Å². The molecule has 0 saturated heterocycles. The molecule has 0 amide bonds. The van der Waals surface area contributed by atoms with Crippen molar-refractivity contribution in [1.29, 1.82) is 0 Å². The Morgan fingerprint density at radius 2 is 1.77 bits per heavy atom. The molecule has 0 aromatic heterocycles. The van der Waals surface area contributed by atoms with Crippen LogP contribution < -0.4 is 15.1 Å². The molecule has 2 aromatic rings. The number of nitrogens with zero attached hydrogens (tertiary/aromatic N) is 1. The zero-order valence-corrected chi connectivity index (χ0v) is 14.7. The number of hydrogen-bond acceptors (Lipinski definition) is 4. The van der Waals surface area contributed by atoms with E-state index >= 15 is 0 Å². The highest BCUT2D eigenvalue weighted by atomic mass is 16.5. The lowest BCUT2D eigenvalue weighted by molar-refractivity contribution is 0.363. The highest BCUT2D eigenvalue weighted by molar-refractivity contribution is 6.58. The minimum absolute atomic E-state index is 0.411. The molecule has 3 rings (SSSR count). The second-order valence-electron chi connectivity index (χ2n) is 5.50. The first-order valence-corrected chi connectivity index (χ1v) is 8.32. The van der Waals surface area contributed by atoms with Crippen LogP contribution in [0.4, 0.5) is 11.4 Å². The molecule has 0 bridgehead atoms. The molecule has 5 heteroatoms. The van der Waals surface area contributed by atoms with Crippen LogP contribution in [-0.2, 0) is 0 Å². The van der Waals surface area contributed by atoms with E-state index in [2.05, 4.69) is 23.3 Å². The summed E-state index contributed by atoms with van der Waals surface area (Å²) in [6, 6.07) is 15.3. The molecule has 1 aliphatic rings. The van der Waals surface area contributed by atoms with Crippen molar-refractivity contribution < 1.29 is 14.8 Å². The van der Waals surface area contributed by atoms with Crippen LogP contribution in [0.15, 0.2) is 72.8 Å². The SMILES string of the molecule is C#CC.OB(O)c1ccc2c(c1)OC/C=C\C=C/CN2c1ccccc1. The zero-order chi connectivity index (χ0) is 18.8. The molecule has 26 heavy (non-hydrogen) atoms. The minimum Gasteiger partial charge on any atom is -0.487 e. The third-order valence-corrected chi connectivity index (χ3v) is 3.65. The fourth-order valence-corrected chi connectivity index (χ4v) is 2.50. The van der Waals surface area contributed by atoms with E-state index in [0.29, 0.717) is 24.4 Å². The summed E-state index contributed by atoms with van der Waals surface area (Å²) >= 11 is 0. The number of hydrogen-bond donors (Lipinski definition) is 2. The van der Waals surface area contributed by atoms with Crippen molar-refractivity contribution in [1.82, 2.24) is 0 Å². The minimum atomic E-state index is -1.51. The summed E-state index contributed by atoms with van der Waals surface area (Å²) in [4.78, 5) is 2.12. The third-order valence-electron chi connectivity index (χ3n) is 3.65. The molecule has 0 saturated carbocycles. The number of allylic oxidation sites excluding steroid dienone is 2. The Balaban J connectivity index is 0.000000758. The van der Waals surface area contributed by atoms with Crippen LogP contribution in [0, 0.1) is 12.3 Å². The lowest BCUT2D eigenvalue weighted by Crippen LogP contribution is -2.30. The summed E-state index contributed by atoms with van der Waals surface area (Å²) in [5, 5.41) is 18.8. The van der Waals surface area contributed by atoms with Crippen LogP contribution >= 0.6 is 0 Å². The number of fused-ring (bicyclic) bond motifs is 1. The summed E-state index contributed by atoms with van der Waals surface area (Å²) in [5.74, 6) is 2.87. The fraction of sp³-hybridized carbons (Fsp3) is 0.143. The van der Waals surface area contributed by atoms with Gasteiger partial charge in [0.2, 0.25) is 0 Å². The largest absolute Gasteiger partial charge is 0.488 e. The van der Waals surface area contributed by atoms with Crippen LogP contribution in [-0.4, -0.2) is 30.3 Å². The molecule has 0 unspecified atom stereocenters. The van der Waals surface area contributed by atoms with Gasteiger partial charge >= 0.3 is 7.12 Å². The molecule has 4 nitrogen and oxygen atoms in total. The van der Waals surface area contributed by atoms with E-state index < -0.39 is 7.12 Å². The van der Waals surface area contributed by atoms with Gasteiger partial charge in [-0.15, -0.1) is 12.3 Å². The summed E-state index contributed by atoms with van der Waals surface area (Å²) in [7, 11) is -1.51. The summed E-state index contributed by atoms with van der Waals surface area (Å²) < 4.78 is 5.82. The first-order chi connectivity index (χ1) is 12.7. The van der Waals surface area contributed by atoms with Gasteiger partial charge in [0, 0.05) is 12.2 Å². The van der Waals surface area contributed by atoms with E-state index in [-0.39, 0.29) is 0 Å². The second-order valence-corrected chi connectivity index (χ2v) is 5.50. The molecule has 0 atom stereocenters. The molecule has 1 aliphatic heterocycles. The van der Waals surface area contributed by atoms with Crippen LogP contribution in [0.5, 0.6) is 5.75 Å². The van der Waals surface area contributed by atoms with E-state index in [4.69, 9.17) is 4.74 Å². The van der Waals surface area contributed by atoms with Crippen LogP contribution in [0.1, 0.15) is 6.92 Å². The van der Waals surface area contributed by atoms with Crippen molar-refractivity contribution in [3.63, 3.8) is 0 Å². The monoisotopic (exact) mass is 347 g/mol. The lowest BCUT2D eigenvalue weighted by Gasteiger charge is -2.26. The normalized spacial score (nSPS) is 15.2. The van der Waals surface area contributed by atoms with E-state index in [1.54, 1.807) is 19.1 Å². The van der Waals surface area contributed by atoms with Crippen molar-refractivity contribution in [2.24, 2.45) is 0 Å². The molecular formula is C21H22BNO3. The number of anilines is 2. The number of para-hydroxylation sites is 1. The molecule has 2 N–H and O–H groups in total. The smallest absolute Gasteiger partial charge is 0.487 e. The van der Waals surface area contributed by atoms with E-state index in [1.807, 2.05) is 54.6 Å². The average molecular weight is 347 g/mol. The summed E-state index contributed by atoms with van der Waals surface area (Å²) in [6.45, 7) is 2.76. The van der Waals surface area contributed by atoms with Gasteiger partial charge in [-0.25, -0.2) is 0 Å². The summed E-state index contributed by atoms with van der Waals surface area (Å²) in [6.07, 6.45) is 12.5. The molecule has 2 aromatic carbocycles. The van der Waals surface area contributed by atoms with Gasteiger partial charge in [-0.3, -0.25) is 0 Å². The topological polar surface area (TPSA) is 52.9 Å². The van der Waals surface area contributed by atoms with Gasteiger partial charge in [0.1, 0.15) is 12.4 Å². The van der Waals surface area contributed by atoms with E-state index in [0.717, 1.165) is 11.4 Å². The second kappa shape index (κ2) is 10.1. The highest BCUT2D eigenvalue weighted by Gasteiger charge is 2.18. The molecule has 0 aliphatic carbocycles. The van der Waals surface area contributed by atoms with Crippen molar-refractivity contribution in [2.45, 2.75) is 6.92 Å². The van der Waals surface area contributed by atoms with Crippen molar-refractivity contribution in [3.05, 3.63) is 72.8 Å². The standard InChI is InChI=1S/C18H18BNO3.C3H4/c21-19(22)15-10-11-17-18(14-15)23-13-7-2-1-6-12-20(17)16-8-4-3-5-9-16;1-3-2/h1-11,14,21-22H,12-13H2;1H,2H3/b6-1-,7-2-;. The van der Waals surface area contributed by atoms with Gasteiger partial charge < -0.3 is 19.7 Å². The Bertz CT molecular complexity index is 795. The maximum Gasteiger partial charge on any atom is 0.488 e. The molecule has 0 fully saturated rings. The first-order valence-electron chi connectivity index (χ1n) is 8.32. The van der Waals surface area contributed by atoms with Crippen molar-refractivity contribution in [3.8, 4) is 18.1 Å². The van der Waals surface area contributed by atoms with Crippen molar-refractivity contribution >= 4 is 24.0 Å². The highest BCUT2D eigenvalue weighted by Crippen LogP contribution is 2.33. The Labute approximate surface area is 155 Å². The number of rotatable bonds is 2. The first kappa shape index (κ1) is 19.4. The maximum atomic E-state index is 9.40.